The summed E-state index contributed by atoms with van der Waals surface area (Å²) in [4.78, 5) is 14.8. The van der Waals surface area contributed by atoms with Gasteiger partial charge in [0, 0.05) is 23.7 Å². The van der Waals surface area contributed by atoms with Gasteiger partial charge in [0.05, 0.1) is 0 Å². The number of hydrogen-bond acceptors (Lipinski definition) is 2. The Hall–Kier alpha value is -1.35. The molecule has 3 unspecified atom stereocenters. The fraction of sp³-hybridized carbons (Fsp3) is 0.562. The van der Waals surface area contributed by atoms with Crippen molar-refractivity contribution < 1.29 is 4.79 Å². The second-order valence-corrected chi connectivity index (χ2v) is 6.91. The molecule has 102 valence electrons. The molecule has 1 saturated heterocycles. The molecule has 0 spiro atoms. The second kappa shape index (κ2) is 4.07. The van der Waals surface area contributed by atoms with E-state index in [1.54, 1.807) is 0 Å². The van der Waals surface area contributed by atoms with Crippen molar-refractivity contribution in [1.82, 2.24) is 4.90 Å². The van der Waals surface area contributed by atoms with E-state index in [-0.39, 0.29) is 22.9 Å². The maximum atomic E-state index is 12.7. The lowest BCUT2D eigenvalue weighted by Crippen LogP contribution is -2.48. The summed E-state index contributed by atoms with van der Waals surface area (Å²) < 4.78 is 0. The van der Waals surface area contributed by atoms with Crippen LogP contribution in [-0.2, 0) is 0 Å². The van der Waals surface area contributed by atoms with Crippen molar-refractivity contribution >= 4 is 5.91 Å². The van der Waals surface area contributed by atoms with Gasteiger partial charge in [0.15, 0.2) is 0 Å². The molecule has 2 fully saturated rings. The first-order valence-electron chi connectivity index (χ1n) is 7.05. The number of carbonyl (C=O) groups is 1. The fourth-order valence-corrected chi connectivity index (χ4v) is 4.29. The van der Waals surface area contributed by atoms with E-state index in [2.05, 4.69) is 18.7 Å². The van der Waals surface area contributed by atoms with Gasteiger partial charge in [-0.05, 0) is 43.7 Å². The Kier molecular flexibility index (Phi) is 2.72. The van der Waals surface area contributed by atoms with E-state index < -0.39 is 0 Å². The van der Waals surface area contributed by atoms with Crippen LogP contribution in [0.5, 0.6) is 0 Å². The number of nitrogens with two attached hydrogens (primary N) is 1. The molecule has 19 heavy (non-hydrogen) atoms. The predicted octanol–water partition coefficient (Wildman–Crippen LogP) is 2.42. The molecule has 2 N–H and O–H groups in total. The van der Waals surface area contributed by atoms with Gasteiger partial charge < -0.3 is 10.6 Å². The Morgan fingerprint density at radius 1 is 1.26 bits per heavy atom. The van der Waals surface area contributed by atoms with Crippen molar-refractivity contribution in [3.63, 3.8) is 0 Å². The van der Waals surface area contributed by atoms with Gasteiger partial charge >= 0.3 is 0 Å². The first-order valence-corrected chi connectivity index (χ1v) is 7.05. The Bertz CT molecular complexity index is 501. The summed E-state index contributed by atoms with van der Waals surface area (Å²) in [5, 5.41) is 0. The number of benzene rings is 1. The molecular formula is C16H22N2O. The van der Waals surface area contributed by atoms with Gasteiger partial charge in [-0.3, -0.25) is 4.79 Å². The first kappa shape index (κ1) is 12.7. The van der Waals surface area contributed by atoms with Gasteiger partial charge in [-0.25, -0.2) is 0 Å². The van der Waals surface area contributed by atoms with Gasteiger partial charge in [0.25, 0.3) is 5.91 Å². The number of nitrogens with zero attached hydrogens (tertiary/aromatic N) is 1. The lowest BCUT2D eigenvalue weighted by atomic mass is 9.70. The average Bonchev–Trinajstić information content (AvgIpc) is 2.54. The maximum Gasteiger partial charge on any atom is 0.254 e. The minimum atomic E-state index is -0.0701. The Balaban J connectivity index is 1.92. The lowest BCUT2D eigenvalue weighted by Gasteiger charge is -2.40. The largest absolute Gasteiger partial charge is 0.333 e. The van der Waals surface area contributed by atoms with Crippen molar-refractivity contribution in [2.45, 2.75) is 44.7 Å². The van der Waals surface area contributed by atoms with Gasteiger partial charge in [-0.15, -0.1) is 0 Å². The minimum absolute atomic E-state index is 0.0701. The van der Waals surface area contributed by atoms with Crippen LogP contribution in [0.4, 0.5) is 0 Å². The Morgan fingerprint density at radius 3 is 2.63 bits per heavy atom. The third-order valence-corrected chi connectivity index (χ3v) is 4.72. The summed E-state index contributed by atoms with van der Waals surface area (Å²) in [7, 11) is 0. The summed E-state index contributed by atoms with van der Waals surface area (Å²) in [6.07, 6.45) is 3.02. The summed E-state index contributed by atoms with van der Waals surface area (Å²) in [6, 6.07) is 9.80. The monoisotopic (exact) mass is 258 g/mol. The highest BCUT2D eigenvalue weighted by molar-refractivity contribution is 5.95. The van der Waals surface area contributed by atoms with Crippen molar-refractivity contribution in [1.29, 1.82) is 0 Å². The van der Waals surface area contributed by atoms with Crippen LogP contribution < -0.4 is 5.73 Å². The second-order valence-electron chi connectivity index (χ2n) is 6.91. The van der Waals surface area contributed by atoms with Crippen molar-refractivity contribution in [2.24, 2.45) is 11.1 Å². The molecule has 3 rings (SSSR count). The number of fused-ring (bicyclic) bond motifs is 2. The Morgan fingerprint density at radius 2 is 1.95 bits per heavy atom. The summed E-state index contributed by atoms with van der Waals surface area (Å²) in [5.74, 6) is 0.154. The standard InChI is InChI=1S/C16H22N2O/c1-15-8-13(17)9-16(2,10-15)18(11-15)14(19)12-6-4-3-5-7-12/h3-7,13H,8-11,17H2,1-2H3. The van der Waals surface area contributed by atoms with Crippen molar-refractivity contribution in [2.75, 3.05) is 6.54 Å². The zero-order valence-electron chi connectivity index (χ0n) is 11.7. The number of rotatable bonds is 1. The summed E-state index contributed by atoms with van der Waals surface area (Å²) >= 11 is 0. The number of carbonyl (C=O) groups excluding carboxylic acids is 1. The van der Waals surface area contributed by atoms with Crippen molar-refractivity contribution in [3.8, 4) is 0 Å². The number of hydrogen-bond donors (Lipinski definition) is 1. The molecule has 1 saturated carbocycles. The molecule has 3 atom stereocenters. The van der Waals surface area contributed by atoms with Gasteiger partial charge in [-0.1, -0.05) is 25.1 Å². The molecule has 2 aliphatic rings. The Labute approximate surface area is 114 Å². The van der Waals surface area contributed by atoms with Crippen LogP contribution in [0.2, 0.25) is 0 Å². The average molecular weight is 258 g/mol. The van der Waals surface area contributed by atoms with Crippen LogP contribution in [0.15, 0.2) is 30.3 Å². The first-order chi connectivity index (χ1) is 8.92. The SMILES string of the molecule is CC12CC(N)CC(C)(C1)N(C(=O)c1ccccc1)C2. The molecule has 0 aromatic heterocycles. The molecule has 1 amide bonds. The molecular weight excluding hydrogens is 236 g/mol. The lowest BCUT2D eigenvalue weighted by molar-refractivity contribution is 0.0601. The minimum Gasteiger partial charge on any atom is -0.333 e. The molecule has 2 bridgehead atoms. The molecule has 3 heteroatoms. The van der Waals surface area contributed by atoms with E-state index in [0.717, 1.165) is 31.4 Å². The van der Waals surface area contributed by atoms with E-state index in [9.17, 15) is 4.79 Å². The molecule has 1 aliphatic carbocycles. The topological polar surface area (TPSA) is 46.3 Å². The highest BCUT2D eigenvalue weighted by Crippen LogP contribution is 2.51. The van der Waals surface area contributed by atoms with E-state index >= 15 is 0 Å². The molecule has 0 radical (unpaired) electrons. The number of likely N-dealkylation sites (tertiary alicyclic amines) is 1. The van der Waals surface area contributed by atoms with Gasteiger partial charge in [0.2, 0.25) is 0 Å². The highest BCUT2D eigenvalue weighted by atomic mass is 16.2. The maximum absolute atomic E-state index is 12.7. The highest BCUT2D eigenvalue weighted by Gasteiger charge is 2.54. The van der Waals surface area contributed by atoms with Crippen LogP contribution in [0.3, 0.4) is 0 Å². The van der Waals surface area contributed by atoms with E-state index in [4.69, 9.17) is 5.73 Å². The van der Waals surface area contributed by atoms with Gasteiger partial charge in [0.1, 0.15) is 0 Å². The molecule has 1 aliphatic heterocycles. The van der Waals surface area contributed by atoms with Crippen LogP contribution in [0.1, 0.15) is 43.5 Å². The van der Waals surface area contributed by atoms with Crippen molar-refractivity contribution in [3.05, 3.63) is 35.9 Å². The third-order valence-electron chi connectivity index (χ3n) is 4.72. The predicted molar refractivity (Wildman–Crippen MR) is 75.8 cm³/mol. The molecule has 1 aromatic carbocycles. The van der Waals surface area contributed by atoms with Crippen LogP contribution in [0.25, 0.3) is 0 Å². The normalized spacial score (nSPS) is 37.4. The van der Waals surface area contributed by atoms with E-state index in [1.165, 1.54) is 0 Å². The molecule has 1 heterocycles. The summed E-state index contributed by atoms with van der Waals surface area (Å²) in [6.45, 7) is 5.30. The smallest absolute Gasteiger partial charge is 0.254 e. The summed E-state index contributed by atoms with van der Waals surface area (Å²) in [5.41, 5.74) is 7.10. The van der Waals surface area contributed by atoms with Gasteiger partial charge in [-0.2, -0.15) is 0 Å². The quantitative estimate of drug-likeness (QED) is 0.841. The third kappa shape index (κ3) is 2.06. The number of amides is 1. The van der Waals surface area contributed by atoms with Crippen LogP contribution in [-0.4, -0.2) is 28.9 Å². The van der Waals surface area contributed by atoms with E-state index in [0.29, 0.717) is 0 Å². The van der Waals surface area contributed by atoms with E-state index in [1.807, 2.05) is 30.3 Å². The van der Waals surface area contributed by atoms with Crippen LogP contribution in [0, 0.1) is 5.41 Å². The zero-order valence-corrected chi connectivity index (χ0v) is 11.7. The van der Waals surface area contributed by atoms with Crippen LogP contribution >= 0.6 is 0 Å². The zero-order chi connectivity index (χ0) is 13.7. The molecule has 3 nitrogen and oxygen atoms in total. The molecule has 1 aromatic rings. The fourth-order valence-electron chi connectivity index (χ4n) is 4.29.